The van der Waals surface area contributed by atoms with Crippen molar-refractivity contribution >= 4 is 12.0 Å². The van der Waals surface area contributed by atoms with E-state index in [1.807, 2.05) is 30.3 Å². The summed E-state index contributed by atoms with van der Waals surface area (Å²) in [6.45, 7) is 0.241. The first-order valence-electron chi connectivity index (χ1n) is 5.92. The number of para-hydroxylation sites is 1. The number of hydrogen-bond donors (Lipinski definition) is 1. The molecular weight excluding hydrogens is 240 g/mol. The molecule has 0 fully saturated rings. The second-order valence-electron chi connectivity index (χ2n) is 3.99. The summed E-state index contributed by atoms with van der Waals surface area (Å²) in [5.41, 5.74) is 1.52. The van der Waals surface area contributed by atoms with Gasteiger partial charge in [0.25, 0.3) is 0 Å². The van der Waals surface area contributed by atoms with Crippen LogP contribution in [0.4, 0.5) is 0 Å². The summed E-state index contributed by atoms with van der Waals surface area (Å²) in [6.07, 6.45) is 2.83. The zero-order valence-electron chi connectivity index (χ0n) is 10.3. The van der Waals surface area contributed by atoms with Crippen molar-refractivity contribution in [2.75, 3.05) is 0 Å². The maximum atomic E-state index is 11.5. The van der Waals surface area contributed by atoms with Gasteiger partial charge in [-0.2, -0.15) is 0 Å². The molecule has 2 rings (SSSR count). The van der Waals surface area contributed by atoms with E-state index < -0.39 is 5.97 Å². The summed E-state index contributed by atoms with van der Waals surface area (Å²) < 4.78 is 5.08. The van der Waals surface area contributed by atoms with Gasteiger partial charge >= 0.3 is 5.97 Å². The summed E-state index contributed by atoms with van der Waals surface area (Å²) in [6, 6.07) is 16.3. The average molecular weight is 254 g/mol. The molecule has 2 aromatic carbocycles. The van der Waals surface area contributed by atoms with Gasteiger partial charge in [-0.25, -0.2) is 4.79 Å². The van der Waals surface area contributed by atoms with E-state index in [1.165, 1.54) is 12.2 Å². The summed E-state index contributed by atoms with van der Waals surface area (Å²) in [5.74, 6) is -0.304. The van der Waals surface area contributed by atoms with Crippen LogP contribution in [0.25, 0.3) is 6.08 Å². The van der Waals surface area contributed by atoms with E-state index >= 15 is 0 Å². The molecule has 2 aromatic rings. The monoisotopic (exact) mass is 254 g/mol. The van der Waals surface area contributed by atoms with Crippen LogP contribution >= 0.6 is 0 Å². The van der Waals surface area contributed by atoms with Crippen molar-refractivity contribution in [3.63, 3.8) is 0 Å². The van der Waals surface area contributed by atoms with Gasteiger partial charge in [0.05, 0.1) is 0 Å². The first kappa shape index (κ1) is 12.9. The molecule has 0 aliphatic heterocycles. The Balaban J connectivity index is 1.90. The van der Waals surface area contributed by atoms with Gasteiger partial charge in [-0.1, -0.05) is 48.5 Å². The predicted molar refractivity (Wildman–Crippen MR) is 73.4 cm³/mol. The fraction of sp³-hybridized carbons (Fsp3) is 0.0625. The minimum atomic E-state index is -0.438. The number of carbonyl (C=O) groups excluding carboxylic acids is 1. The lowest BCUT2D eigenvalue weighted by molar-refractivity contribution is -0.138. The molecule has 0 saturated carbocycles. The minimum absolute atomic E-state index is 0.134. The third kappa shape index (κ3) is 4.00. The lowest BCUT2D eigenvalue weighted by atomic mass is 10.2. The number of rotatable bonds is 4. The molecule has 0 amide bonds. The van der Waals surface area contributed by atoms with E-state index in [4.69, 9.17) is 4.74 Å². The smallest absolute Gasteiger partial charge is 0.331 e. The van der Waals surface area contributed by atoms with Crippen molar-refractivity contribution in [1.82, 2.24) is 0 Å². The number of ether oxygens (including phenoxy) is 1. The van der Waals surface area contributed by atoms with Gasteiger partial charge < -0.3 is 9.84 Å². The summed E-state index contributed by atoms with van der Waals surface area (Å²) in [7, 11) is 0. The van der Waals surface area contributed by atoms with Gasteiger partial charge in [-0.3, -0.25) is 0 Å². The third-order valence-corrected chi connectivity index (χ3v) is 2.56. The van der Waals surface area contributed by atoms with E-state index in [-0.39, 0.29) is 12.4 Å². The number of aromatic hydroxyl groups is 1. The van der Waals surface area contributed by atoms with Crippen LogP contribution < -0.4 is 0 Å². The fourth-order valence-corrected chi connectivity index (χ4v) is 1.56. The van der Waals surface area contributed by atoms with E-state index in [0.29, 0.717) is 5.56 Å². The first-order valence-corrected chi connectivity index (χ1v) is 5.92. The number of esters is 1. The maximum Gasteiger partial charge on any atom is 0.331 e. The van der Waals surface area contributed by atoms with Crippen LogP contribution in [0, 0.1) is 0 Å². The Bertz CT molecular complexity index is 574. The van der Waals surface area contributed by atoms with Gasteiger partial charge in [0.15, 0.2) is 0 Å². The molecule has 0 aliphatic rings. The number of phenols is 1. The van der Waals surface area contributed by atoms with Crippen molar-refractivity contribution in [2.24, 2.45) is 0 Å². The standard InChI is InChI=1S/C16H14O3/c17-15-9-5-4-8-14(15)10-11-16(18)19-12-13-6-2-1-3-7-13/h1-11,17H,12H2. The van der Waals surface area contributed by atoms with E-state index in [1.54, 1.807) is 24.3 Å². The van der Waals surface area contributed by atoms with Crippen LogP contribution in [0.1, 0.15) is 11.1 Å². The molecule has 0 radical (unpaired) electrons. The van der Waals surface area contributed by atoms with Gasteiger partial charge in [0, 0.05) is 11.6 Å². The highest BCUT2D eigenvalue weighted by molar-refractivity contribution is 5.87. The summed E-state index contributed by atoms with van der Waals surface area (Å²) >= 11 is 0. The largest absolute Gasteiger partial charge is 0.507 e. The molecule has 0 unspecified atom stereocenters. The molecule has 0 bridgehead atoms. The number of benzene rings is 2. The highest BCUT2D eigenvalue weighted by Crippen LogP contribution is 2.16. The molecule has 0 spiro atoms. The van der Waals surface area contributed by atoms with Crippen LogP contribution in [0.2, 0.25) is 0 Å². The van der Waals surface area contributed by atoms with Crippen molar-refractivity contribution < 1.29 is 14.6 Å². The molecule has 0 saturated heterocycles. The van der Waals surface area contributed by atoms with Gasteiger partial charge in [0.2, 0.25) is 0 Å². The Hall–Kier alpha value is -2.55. The number of phenolic OH excluding ortho intramolecular Hbond substituents is 1. The molecular formula is C16H14O3. The van der Waals surface area contributed by atoms with Crippen LogP contribution in [-0.4, -0.2) is 11.1 Å². The van der Waals surface area contributed by atoms with Crippen molar-refractivity contribution in [2.45, 2.75) is 6.61 Å². The quantitative estimate of drug-likeness (QED) is 0.673. The Labute approximate surface area is 111 Å². The van der Waals surface area contributed by atoms with Crippen molar-refractivity contribution in [3.05, 3.63) is 71.8 Å². The normalized spacial score (nSPS) is 10.5. The van der Waals surface area contributed by atoms with Gasteiger partial charge in [-0.15, -0.1) is 0 Å². The van der Waals surface area contributed by atoms with Gasteiger partial charge in [-0.05, 0) is 17.7 Å². The molecule has 0 heterocycles. The first-order chi connectivity index (χ1) is 9.25. The molecule has 19 heavy (non-hydrogen) atoms. The fourth-order valence-electron chi connectivity index (χ4n) is 1.56. The minimum Gasteiger partial charge on any atom is -0.507 e. The number of carbonyl (C=O) groups is 1. The van der Waals surface area contributed by atoms with Crippen LogP contribution in [0.3, 0.4) is 0 Å². The predicted octanol–water partition coefficient (Wildman–Crippen LogP) is 3.15. The van der Waals surface area contributed by atoms with E-state index in [0.717, 1.165) is 5.56 Å². The molecule has 0 atom stereocenters. The highest BCUT2D eigenvalue weighted by atomic mass is 16.5. The SMILES string of the molecule is O=C(C=Cc1ccccc1O)OCc1ccccc1. The molecule has 1 N–H and O–H groups in total. The molecule has 0 aromatic heterocycles. The highest BCUT2D eigenvalue weighted by Gasteiger charge is 1.99. The molecule has 96 valence electrons. The Morgan fingerprint density at radius 1 is 1.05 bits per heavy atom. The lowest BCUT2D eigenvalue weighted by Crippen LogP contribution is -2.00. The topological polar surface area (TPSA) is 46.5 Å². The average Bonchev–Trinajstić information content (AvgIpc) is 2.45. The van der Waals surface area contributed by atoms with E-state index in [2.05, 4.69) is 0 Å². The van der Waals surface area contributed by atoms with Crippen molar-refractivity contribution in [1.29, 1.82) is 0 Å². The Morgan fingerprint density at radius 3 is 2.47 bits per heavy atom. The Kier molecular flexibility index (Phi) is 4.34. The zero-order chi connectivity index (χ0) is 13.5. The molecule has 0 aliphatic carbocycles. The summed E-state index contributed by atoms with van der Waals surface area (Å²) in [4.78, 5) is 11.5. The van der Waals surface area contributed by atoms with Crippen LogP contribution in [0.5, 0.6) is 5.75 Å². The third-order valence-electron chi connectivity index (χ3n) is 2.56. The summed E-state index contributed by atoms with van der Waals surface area (Å²) in [5, 5.41) is 9.53. The van der Waals surface area contributed by atoms with Crippen LogP contribution in [-0.2, 0) is 16.1 Å². The second-order valence-corrected chi connectivity index (χ2v) is 3.99. The second kappa shape index (κ2) is 6.40. The number of hydrogen-bond acceptors (Lipinski definition) is 3. The Morgan fingerprint density at radius 2 is 1.74 bits per heavy atom. The molecule has 3 heteroatoms. The maximum absolute atomic E-state index is 11.5. The zero-order valence-corrected chi connectivity index (χ0v) is 10.3. The lowest BCUT2D eigenvalue weighted by Gasteiger charge is -2.01. The van der Waals surface area contributed by atoms with Gasteiger partial charge in [0.1, 0.15) is 12.4 Å². The van der Waals surface area contributed by atoms with Crippen LogP contribution in [0.15, 0.2) is 60.7 Å². The molecule has 3 nitrogen and oxygen atoms in total. The van der Waals surface area contributed by atoms with Crippen molar-refractivity contribution in [3.8, 4) is 5.75 Å². The van der Waals surface area contributed by atoms with E-state index in [9.17, 15) is 9.90 Å².